The van der Waals surface area contributed by atoms with Crippen LogP contribution in [0.5, 0.6) is 11.6 Å². The molecule has 0 bridgehead atoms. The Hall–Kier alpha value is -5.45. The van der Waals surface area contributed by atoms with Crippen LogP contribution in [0.25, 0.3) is 16.8 Å². The van der Waals surface area contributed by atoms with E-state index in [1.807, 2.05) is 36.5 Å². The van der Waals surface area contributed by atoms with Gasteiger partial charge in [0.05, 0.1) is 26.3 Å². The number of methoxy groups -OCH3 is 2. The Labute approximate surface area is 222 Å². The van der Waals surface area contributed by atoms with Gasteiger partial charge in [0.15, 0.2) is 11.4 Å². The van der Waals surface area contributed by atoms with Crippen molar-refractivity contribution in [2.75, 3.05) is 30.2 Å². The van der Waals surface area contributed by atoms with Crippen molar-refractivity contribution in [3.8, 4) is 22.8 Å². The van der Waals surface area contributed by atoms with E-state index >= 15 is 0 Å². The van der Waals surface area contributed by atoms with Gasteiger partial charge in [0.25, 0.3) is 11.8 Å². The minimum atomic E-state index is -0.260. The fourth-order valence-electron chi connectivity index (χ4n) is 4.46. The molecule has 0 aliphatic carbocycles. The Bertz CT molecular complexity index is 1750. The highest BCUT2D eigenvalue weighted by atomic mass is 16.5. The fourth-order valence-corrected chi connectivity index (χ4v) is 4.46. The van der Waals surface area contributed by atoms with E-state index in [2.05, 4.69) is 31.0 Å². The number of nitrogens with one attached hydrogen (secondary N) is 3. The van der Waals surface area contributed by atoms with Crippen molar-refractivity contribution in [3.05, 3.63) is 84.3 Å². The third kappa shape index (κ3) is 4.68. The van der Waals surface area contributed by atoms with Crippen LogP contribution in [-0.4, -0.2) is 45.6 Å². The summed E-state index contributed by atoms with van der Waals surface area (Å²) in [4.78, 5) is 33.6. The average Bonchev–Trinajstić information content (AvgIpc) is 3.58. The molecule has 0 fully saturated rings. The lowest BCUT2D eigenvalue weighted by molar-refractivity contribution is -0.115. The number of carbonyl (C=O) groups excluding carboxylic acids is 2. The number of pyridine rings is 2. The maximum atomic E-state index is 13.1. The van der Waals surface area contributed by atoms with E-state index in [9.17, 15) is 9.59 Å². The van der Waals surface area contributed by atoms with E-state index in [0.29, 0.717) is 46.5 Å². The van der Waals surface area contributed by atoms with Gasteiger partial charge >= 0.3 is 0 Å². The molecule has 3 aromatic heterocycles. The van der Waals surface area contributed by atoms with Crippen molar-refractivity contribution in [1.82, 2.24) is 19.6 Å². The molecule has 0 unspecified atom stereocenters. The summed E-state index contributed by atoms with van der Waals surface area (Å²) in [5, 5.41) is 13.3. The number of rotatable bonds is 7. The summed E-state index contributed by atoms with van der Waals surface area (Å²) < 4.78 is 12.3. The monoisotopic (exact) mass is 521 g/mol. The lowest BCUT2D eigenvalue weighted by atomic mass is 10.0. The Balaban J connectivity index is 1.29. The maximum Gasteiger partial charge on any atom is 0.258 e. The van der Waals surface area contributed by atoms with E-state index < -0.39 is 0 Å². The lowest BCUT2D eigenvalue weighted by Gasteiger charge is -2.13. The van der Waals surface area contributed by atoms with E-state index in [4.69, 9.17) is 9.47 Å². The van der Waals surface area contributed by atoms with Crippen LogP contribution in [0, 0.1) is 0 Å². The lowest BCUT2D eigenvalue weighted by Crippen LogP contribution is -2.12. The van der Waals surface area contributed by atoms with Crippen molar-refractivity contribution in [2.45, 2.75) is 6.42 Å². The van der Waals surface area contributed by atoms with Gasteiger partial charge in [0.1, 0.15) is 12.1 Å². The van der Waals surface area contributed by atoms with Crippen LogP contribution in [0.3, 0.4) is 0 Å². The molecule has 194 valence electrons. The molecule has 0 spiro atoms. The molecule has 0 saturated carbocycles. The van der Waals surface area contributed by atoms with Crippen LogP contribution in [0.15, 0.2) is 73.2 Å². The quantitative estimate of drug-likeness (QED) is 0.289. The second-order valence-electron chi connectivity index (χ2n) is 8.84. The first-order valence-electron chi connectivity index (χ1n) is 12.0. The third-order valence-corrected chi connectivity index (χ3v) is 6.32. The van der Waals surface area contributed by atoms with Crippen LogP contribution in [0.4, 0.5) is 22.9 Å². The second kappa shape index (κ2) is 9.78. The molecule has 5 aromatic rings. The minimum Gasteiger partial charge on any atom is -0.491 e. The summed E-state index contributed by atoms with van der Waals surface area (Å²) in [6.07, 6.45) is 3.61. The Morgan fingerprint density at radius 1 is 1.03 bits per heavy atom. The zero-order valence-corrected chi connectivity index (χ0v) is 21.1. The molecule has 2 amide bonds. The molecule has 1 aliphatic heterocycles. The summed E-state index contributed by atoms with van der Waals surface area (Å²) in [6, 6.07) is 18.1. The predicted octanol–water partition coefficient (Wildman–Crippen LogP) is 4.30. The molecule has 4 heterocycles. The molecule has 0 radical (unpaired) electrons. The van der Waals surface area contributed by atoms with Crippen LogP contribution in [0.2, 0.25) is 0 Å². The summed E-state index contributed by atoms with van der Waals surface area (Å²) in [5.41, 5.74) is 5.64. The third-order valence-electron chi connectivity index (χ3n) is 6.32. The summed E-state index contributed by atoms with van der Waals surface area (Å²) in [6.45, 7) is 0. The van der Waals surface area contributed by atoms with Gasteiger partial charge in [0.2, 0.25) is 5.91 Å². The molecular weight excluding hydrogens is 498 g/mol. The number of carbonyl (C=O) groups is 2. The van der Waals surface area contributed by atoms with Gasteiger partial charge in [-0.25, -0.2) is 9.50 Å². The highest BCUT2D eigenvalue weighted by Crippen LogP contribution is 2.31. The number of anilines is 4. The van der Waals surface area contributed by atoms with Gasteiger partial charge in [-0.3, -0.25) is 9.59 Å². The van der Waals surface area contributed by atoms with Gasteiger partial charge in [0, 0.05) is 28.7 Å². The highest BCUT2D eigenvalue weighted by molar-refractivity contribution is 6.06. The van der Waals surface area contributed by atoms with Crippen molar-refractivity contribution in [3.63, 3.8) is 0 Å². The number of fused-ring (bicyclic) bond motifs is 2. The Kier molecular flexibility index (Phi) is 6.00. The maximum absolute atomic E-state index is 13.1. The molecule has 11 nitrogen and oxygen atoms in total. The number of aromatic nitrogens is 4. The van der Waals surface area contributed by atoms with Gasteiger partial charge in [-0.2, -0.15) is 10.1 Å². The van der Waals surface area contributed by atoms with Crippen molar-refractivity contribution >= 4 is 40.3 Å². The van der Waals surface area contributed by atoms with Gasteiger partial charge in [-0.15, -0.1) is 0 Å². The SMILES string of the molecule is COc1ccc(Nc2cc(-c3cccc(C(=O)Nc4ccc5c(c4)CC(=O)N5)c3)cn3ncnc23)nc1OC. The van der Waals surface area contributed by atoms with Gasteiger partial charge in [-0.1, -0.05) is 12.1 Å². The molecule has 1 aliphatic rings. The van der Waals surface area contributed by atoms with E-state index in [0.717, 1.165) is 22.4 Å². The first-order chi connectivity index (χ1) is 19.0. The number of hydrogen-bond acceptors (Lipinski definition) is 8. The van der Waals surface area contributed by atoms with Crippen LogP contribution >= 0.6 is 0 Å². The fraction of sp³-hybridized carbons (Fsp3) is 0.107. The molecule has 11 heteroatoms. The highest BCUT2D eigenvalue weighted by Gasteiger charge is 2.18. The number of ether oxygens (including phenoxy) is 2. The number of amides is 2. The molecular formula is C28H23N7O4. The molecule has 6 rings (SSSR count). The Morgan fingerprint density at radius 3 is 2.77 bits per heavy atom. The Morgan fingerprint density at radius 2 is 1.92 bits per heavy atom. The largest absolute Gasteiger partial charge is 0.491 e. The van der Waals surface area contributed by atoms with E-state index in [1.54, 1.807) is 42.0 Å². The van der Waals surface area contributed by atoms with Crippen LogP contribution < -0.4 is 25.4 Å². The van der Waals surface area contributed by atoms with Crippen LogP contribution in [0.1, 0.15) is 15.9 Å². The molecule has 3 N–H and O–H groups in total. The van der Waals surface area contributed by atoms with Gasteiger partial charge in [-0.05, 0) is 59.7 Å². The average molecular weight is 522 g/mol. The summed E-state index contributed by atoms with van der Waals surface area (Å²) in [5.74, 6) is 1.09. The molecule has 2 aromatic carbocycles. The zero-order valence-electron chi connectivity index (χ0n) is 21.1. The van der Waals surface area contributed by atoms with Crippen LogP contribution in [-0.2, 0) is 11.2 Å². The minimum absolute atomic E-state index is 0.0544. The first kappa shape index (κ1) is 23.9. The first-order valence-corrected chi connectivity index (χ1v) is 12.0. The normalized spacial score (nSPS) is 12.1. The number of hydrogen-bond donors (Lipinski definition) is 3. The predicted molar refractivity (Wildman–Crippen MR) is 146 cm³/mol. The molecule has 0 saturated heterocycles. The molecule has 0 atom stereocenters. The number of nitrogens with zero attached hydrogens (tertiary/aromatic N) is 4. The summed E-state index contributed by atoms with van der Waals surface area (Å²) in [7, 11) is 3.08. The molecule has 39 heavy (non-hydrogen) atoms. The zero-order chi connectivity index (χ0) is 26.9. The topological polar surface area (TPSA) is 132 Å². The summed E-state index contributed by atoms with van der Waals surface area (Å²) >= 11 is 0. The van der Waals surface area contributed by atoms with Crippen molar-refractivity contribution in [2.24, 2.45) is 0 Å². The van der Waals surface area contributed by atoms with Crippen molar-refractivity contribution in [1.29, 1.82) is 0 Å². The second-order valence-corrected chi connectivity index (χ2v) is 8.84. The standard InChI is InChI=1S/C28H23N7O4/c1-38-23-8-9-24(34-28(23)39-2)32-22-12-19(14-35-26(22)29-15-30-35)16-4-3-5-17(10-16)27(37)31-20-6-7-21-18(11-20)13-25(36)33-21/h3-12,14-15H,13H2,1-2H3,(H,31,37)(H,32,34)(H,33,36). The van der Waals surface area contributed by atoms with Gasteiger partial charge < -0.3 is 25.4 Å². The smallest absolute Gasteiger partial charge is 0.258 e. The van der Waals surface area contributed by atoms with E-state index in [1.165, 1.54) is 13.4 Å². The van der Waals surface area contributed by atoms with Crippen molar-refractivity contribution < 1.29 is 19.1 Å². The number of benzene rings is 2. The van der Waals surface area contributed by atoms with E-state index in [-0.39, 0.29) is 11.8 Å².